The largest absolute Gasteiger partial charge is 0.573 e. The van der Waals surface area contributed by atoms with Crippen molar-refractivity contribution >= 4 is 27.5 Å². The van der Waals surface area contributed by atoms with E-state index in [0.29, 0.717) is 23.8 Å². The number of nitrogens with zero attached hydrogens (tertiary/aromatic N) is 2. The number of hydrogen-bond donors (Lipinski definition) is 0. The first kappa shape index (κ1) is 25.0. The Balaban J connectivity index is 1.44. The summed E-state index contributed by atoms with van der Waals surface area (Å²) in [7, 11) is -3.97. The van der Waals surface area contributed by atoms with Crippen LogP contribution in [-0.4, -0.2) is 58.2 Å². The molecule has 0 aromatic heterocycles. The molecule has 2 heterocycles. The molecule has 0 spiro atoms. The van der Waals surface area contributed by atoms with E-state index in [9.17, 15) is 21.6 Å². The van der Waals surface area contributed by atoms with E-state index in [2.05, 4.69) is 9.64 Å². The van der Waals surface area contributed by atoms with Gasteiger partial charge in [-0.1, -0.05) is 6.42 Å². The van der Waals surface area contributed by atoms with Crippen molar-refractivity contribution in [1.29, 1.82) is 0 Å². The molecule has 0 unspecified atom stereocenters. The molecule has 11 heteroatoms. The van der Waals surface area contributed by atoms with Crippen LogP contribution in [0.2, 0.25) is 0 Å². The standard InChI is InChI=1S/C23H27F3N2O4S2/c24-23(25,26)32-18-5-8-20(9-6-18)34(29,30)28-14-16-33-22-10-7-19(17-21(22)28)31-15-4-13-27-11-2-1-3-12-27/h5-10,17H,1-4,11-16H2. The van der Waals surface area contributed by atoms with Crippen LogP contribution in [0.4, 0.5) is 18.9 Å². The Morgan fingerprint density at radius 1 is 0.941 bits per heavy atom. The molecule has 0 N–H and O–H groups in total. The van der Waals surface area contributed by atoms with Crippen LogP contribution in [0.15, 0.2) is 52.3 Å². The first-order chi connectivity index (χ1) is 16.2. The minimum atomic E-state index is -4.84. The fourth-order valence-corrected chi connectivity index (χ4v) is 6.74. The van der Waals surface area contributed by atoms with Crippen molar-refractivity contribution < 1.29 is 31.1 Å². The van der Waals surface area contributed by atoms with E-state index in [1.54, 1.807) is 17.8 Å². The van der Waals surface area contributed by atoms with Gasteiger partial charge < -0.3 is 14.4 Å². The summed E-state index contributed by atoms with van der Waals surface area (Å²) in [6, 6.07) is 9.66. The summed E-state index contributed by atoms with van der Waals surface area (Å²) >= 11 is 1.56. The molecule has 2 aromatic rings. The molecule has 4 rings (SSSR count). The highest BCUT2D eigenvalue weighted by Gasteiger charge is 2.32. The van der Waals surface area contributed by atoms with Crippen LogP contribution in [0.5, 0.6) is 11.5 Å². The minimum Gasteiger partial charge on any atom is -0.493 e. The molecule has 0 saturated carbocycles. The summed E-state index contributed by atoms with van der Waals surface area (Å²) in [5, 5.41) is 0. The summed E-state index contributed by atoms with van der Waals surface area (Å²) in [5.74, 6) is 0.688. The Labute approximate surface area is 202 Å². The Morgan fingerprint density at radius 3 is 2.35 bits per heavy atom. The van der Waals surface area contributed by atoms with E-state index in [1.165, 1.54) is 23.6 Å². The van der Waals surface area contributed by atoms with Crippen LogP contribution in [-0.2, 0) is 10.0 Å². The van der Waals surface area contributed by atoms with Crippen molar-refractivity contribution in [2.24, 2.45) is 0 Å². The van der Waals surface area contributed by atoms with E-state index in [4.69, 9.17) is 4.74 Å². The zero-order chi connectivity index (χ0) is 24.2. The minimum absolute atomic E-state index is 0.104. The predicted molar refractivity (Wildman–Crippen MR) is 125 cm³/mol. The third kappa shape index (κ3) is 6.31. The zero-order valence-electron chi connectivity index (χ0n) is 18.6. The number of rotatable bonds is 8. The topological polar surface area (TPSA) is 59.1 Å². The maximum atomic E-state index is 13.3. The van der Waals surface area contributed by atoms with E-state index < -0.39 is 22.1 Å². The van der Waals surface area contributed by atoms with Crippen LogP contribution < -0.4 is 13.8 Å². The highest BCUT2D eigenvalue weighted by atomic mass is 32.2. The van der Waals surface area contributed by atoms with Gasteiger partial charge in [-0.25, -0.2) is 8.42 Å². The second-order valence-electron chi connectivity index (χ2n) is 8.18. The fraction of sp³-hybridized carbons (Fsp3) is 0.478. The zero-order valence-corrected chi connectivity index (χ0v) is 20.2. The molecule has 2 aliphatic heterocycles. The monoisotopic (exact) mass is 516 g/mol. The average molecular weight is 517 g/mol. The van der Waals surface area contributed by atoms with E-state index in [1.807, 2.05) is 12.1 Å². The Hall–Kier alpha value is -2.11. The van der Waals surface area contributed by atoms with Crippen molar-refractivity contribution in [3.05, 3.63) is 42.5 Å². The smallest absolute Gasteiger partial charge is 0.493 e. The number of sulfonamides is 1. The lowest BCUT2D eigenvalue weighted by atomic mass is 10.1. The van der Waals surface area contributed by atoms with Crippen molar-refractivity contribution in [3.63, 3.8) is 0 Å². The molecule has 34 heavy (non-hydrogen) atoms. The lowest BCUT2D eigenvalue weighted by Gasteiger charge is -2.30. The number of fused-ring (bicyclic) bond motifs is 1. The highest BCUT2D eigenvalue weighted by Crippen LogP contribution is 2.40. The molecular weight excluding hydrogens is 489 g/mol. The van der Waals surface area contributed by atoms with Gasteiger partial charge in [0, 0.05) is 29.8 Å². The molecule has 6 nitrogen and oxygen atoms in total. The van der Waals surface area contributed by atoms with Crippen LogP contribution in [0.25, 0.3) is 0 Å². The van der Waals surface area contributed by atoms with Crippen LogP contribution in [0, 0.1) is 0 Å². The van der Waals surface area contributed by atoms with Crippen molar-refractivity contribution in [3.8, 4) is 11.5 Å². The fourth-order valence-electron chi connectivity index (χ4n) is 4.11. The highest BCUT2D eigenvalue weighted by molar-refractivity contribution is 8.00. The lowest BCUT2D eigenvalue weighted by molar-refractivity contribution is -0.274. The van der Waals surface area contributed by atoms with Gasteiger partial charge in [0.25, 0.3) is 10.0 Å². The van der Waals surface area contributed by atoms with Gasteiger partial charge in [0.2, 0.25) is 0 Å². The predicted octanol–water partition coefficient (Wildman–Crippen LogP) is 5.14. The van der Waals surface area contributed by atoms with Gasteiger partial charge in [0.1, 0.15) is 11.5 Å². The van der Waals surface area contributed by atoms with Gasteiger partial charge in [0.15, 0.2) is 0 Å². The molecule has 0 amide bonds. The van der Waals surface area contributed by atoms with Crippen LogP contribution >= 0.6 is 11.8 Å². The summed E-state index contributed by atoms with van der Waals surface area (Å²) < 4.78 is 74.9. The summed E-state index contributed by atoms with van der Waals surface area (Å²) in [6.07, 6.45) is -0.170. The van der Waals surface area contributed by atoms with Crippen molar-refractivity contribution in [2.45, 2.75) is 41.8 Å². The number of piperidine rings is 1. The quantitative estimate of drug-likeness (QED) is 0.453. The molecule has 0 radical (unpaired) electrons. The second kappa shape index (κ2) is 10.7. The lowest BCUT2D eigenvalue weighted by Crippen LogP contribution is -2.35. The summed E-state index contributed by atoms with van der Waals surface area (Å²) in [6.45, 7) is 4.03. The Bertz CT molecular complexity index is 1070. The van der Waals surface area contributed by atoms with Gasteiger partial charge in [-0.2, -0.15) is 0 Å². The molecule has 0 bridgehead atoms. The molecule has 2 aliphatic rings. The number of benzene rings is 2. The molecule has 0 atom stereocenters. The number of halogens is 3. The molecule has 0 aliphatic carbocycles. The third-order valence-electron chi connectivity index (χ3n) is 5.73. The normalized spacial score (nSPS) is 17.3. The van der Waals surface area contributed by atoms with E-state index in [0.717, 1.165) is 55.2 Å². The summed E-state index contributed by atoms with van der Waals surface area (Å²) in [4.78, 5) is 3.15. The number of likely N-dealkylation sites (tertiary alicyclic amines) is 1. The number of hydrogen-bond acceptors (Lipinski definition) is 6. The van der Waals surface area contributed by atoms with Gasteiger partial charge in [-0.3, -0.25) is 4.31 Å². The van der Waals surface area contributed by atoms with E-state index in [-0.39, 0.29) is 11.4 Å². The second-order valence-corrected chi connectivity index (χ2v) is 11.2. The molecular formula is C23H27F3N2O4S2. The molecule has 1 saturated heterocycles. The van der Waals surface area contributed by atoms with Crippen molar-refractivity contribution in [2.75, 3.05) is 42.8 Å². The number of alkyl halides is 3. The number of anilines is 1. The Kier molecular flexibility index (Phi) is 7.83. The van der Waals surface area contributed by atoms with Gasteiger partial charge in [-0.15, -0.1) is 24.9 Å². The third-order valence-corrected chi connectivity index (χ3v) is 8.60. The molecule has 2 aromatic carbocycles. The molecule has 186 valence electrons. The first-order valence-corrected chi connectivity index (χ1v) is 13.7. The van der Waals surface area contributed by atoms with Crippen LogP contribution in [0.1, 0.15) is 25.7 Å². The average Bonchev–Trinajstić information content (AvgIpc) is 2.81. The van der Waals surface area contributed by atoms with Crippen molar-refractivity contribution in [1.82, 2.24) is 4.90 Å². The Morgan fingerprint density at radius 2 is 1.65 bits per heavy atom. The van der Waals surface area contributed by atoms with Gasteiger partial charge in [0.05, 0.1) is 17.2 Å². The summed E-state index contributed by atoms with van der Waals surface area (Å²) in [5.41, 5.74) is 0.514. The maximum absolute atomic E-state index is 13.3. The van der Waals surface area contributed by atoms with E-state index >= 15 is 0 Å². The number of ether oxygens (including phenoxy) is 2. The SMILES string of the molecule is O=S(=O)(c1ccc(OC(F)(F)F)cc1)N1CCSc2ccc(OCCCN3CCCCC3)cc21. The number of thioether (sulfide) groups is 1. The molecule has 1 fully saturated rings. The maximum Gasteiger partial charge on any atom is 0.573 e. The van der Waals surface area contributed by atoms with Gasteiger partial charge in [-0.05, 0) is 68.8 Å². The first-order valence-electron chi connectivity index (χ1n) is 11.2. The van der Waals surface area contributed by atoms with Crippen LogP contribution in [0.3, 0.4) is 0 Å². The van der Waals surface area contributed by atoms with Gasteiger partial charge >= 0.3 is 6.36 Å².